The van der Waals surface area contributed by atoms with Crippen molar-refractivity contribution in [2.75, 3.05) is 0 Å². The zero-order chi connectivity index (χ0) is 15.6. The van der Waals surface area contributed by atoms with E-state index < -0.39 is 0 Å². The third-order valence-electron chi connectivity index (χ3n) is 5.59. The molecule has 0 atom stereocenters. The van der Waals surface area contributed by atoms with E-state index >= 15 is 0 Å². The van der Waals surface area contributed by atoms with Crippen LogP contribution in [0.2, 0.25) is 0 Å². The average molecular weight is 296 g/mol. The second kappa shape index (κ2) is 4.58. The van der Waals surface area contributed by atoms with Gasteiger partial charge in [-0.15, -0.1) is 0 Å². The van der Waals surface area contributed by atoms with Gasteiger partial charge in [-0.3, -0.25) is 0 Å². The second-order valence-electron chi connectivity index (χ2n) is 6.98. The summed E-state index contributed by atoms with van der Waals surface area (Å²) < 4.78 is 0. The Morgan fingerprint density at radius 1 is 0.696 bits per heavy atom. The minimum Gasteiger partial charge on any atom is -0.0613 e. The zero-order valence-electron chi connectivity index (χ0n) is 13.7. The first-order chi connectivity index (χ1) is 11.2. The van der Waals surface area contributed by atoms with Gasteiger partial charge in [0.2, 0.25) is 0 Å². The summed E-state index contributed by atoms with van der Waals surface area (Å²) in [6, 6.07) is 18.7. The van der Waals surface area contributed by atoms with Crippen molar-refractivity contribution in [1.82, 2.24) is 0 Å². The Balaban J connectivity index is 1.71. The van der Waals surface area contributed by atoms with Crippen LogP contribution in [0.3, 0.4) is 0 Å². The van der Waals surface area contributed by atoms with Crippen molar-refractivity contribution in [2.24, 2.45) is 0 Å². The van der Waals surface area contributed by atoms with Gasteiger partial charge in [0.1, 0.15) is 0 Å². The van der Waals surface area contributed by atoms with Gasteiger partial charge < -0.3 is 0 Å². The van der Waals surface area contributed by atoms with Crippen LogP contribution >= 0.6 is 0 Å². The fraction of sp³-hybridized carbons (Fsp3) is 0.217. The topological polar surface area (TPSA) is 0 Å². The molecule has 0 nitrogen and oxygen atoms in total. The highest BCUT2D eigenvalue weighted by molar-refractivity contribution is 5.87. The molecule has 0 fully saturated rings. The van der Waals surface area contributed by atoms with E-state index in [1.54, 1.807) is 11.1 Å². The van der Waals surface area contributed by atoms with Crippen LogP contribution in [-0.2, 0) is 19.3 Å². The highest BCUT2D eigenvalue weighted by atomic mass is 14.3. The smallest absolute Gasteiger partial charge is 0.00104 e. The molecule has 3 aromatic rings. The van der Waals surface area contributed by atoms with Gasteiger partial charge in [0.15, 0.2) is 0 Å². The SMILES string of the molecule is CCc1ccc2c(c1)-c1ccc3c(c1C2)Cc1ccc(C)cc1-3. The third kappa shape index (κ3) is 1.78. The highest BCUT2D eigenvalue weighted by Gasteiger charge is 2.27. The summed E-state index contributed by atoms with van der Waals surface area (Å²) in [4.78, 5) is 0. The van der Waals surface area contributed by atoms with Crippen LogP contribution < -0.4 is 0 Å². The van der Waals surface area contributed by atoms with Gasteiger partial charge in [0, 0.05) is 0 Å². The van der Waals surface area contributed by atoms with Gasteiger partial charge in [-0.1, -0.05) is 61.0 Å². The Hall–Kier alpha value is -2.34. The summed E-state index contributed by atoms with van der Waals surface area (Å²) >= 11 is 0. The van der Waals surface area contributed by atoms with E-state index in [-0.39, 0.29) is 0 Å². The largest absolute Gasteiger partial charge is 0.0613 e. The Bertz CT molecular complexity index is 960. The molecule has 0 heteroatoms. The van der Waals surface area contributed by atoms with E-state index in [0.29, 0.717) is 0 Å². The summed E-state index contributed by atoms with van der Waals surface area (Å²) in [5.74, 6) is 0. The molecule has 0 aromatic heterocycles. The Kier molecular flexibility index (Phi) is 2.61. The van der Waals surface area contributed by atoms with E-state index in [4.69, 9.17) is 0 Å². The highest BCUT2D eigenvalue weighted by Crippen LogP contribution is 2.46. The number of rotatable bonds is 1. The number of benzene rings is 3. The van der Waals surface area contributed by atoms with Gasteiger partial charge in [0.25, 0.3) is 0 Å². The fourth-order valence-corrected chi connectivity index (χ4v) is 4.33. The third-order valence-corrected chi connectivity index (χ3v) is 5.59. The van der Waals surface area contributed by atoms with Crippen LogP contribution in [-0.4, -0.2) is 0 Å². The molecular formula is C23H20. The molecule has 0 aliphatic heterocycles. The molecule has 0 amide bonds. The second-order valence-corrected chi connectivity index (χ2v) is 6.98. The quantitative estimate of drug-likeness (QED) is 0.372. The Morgan fingerprint density at radius 2 is 1.30 bits per heavy atom. The first-order valence-electron chi connectivity index (χ1n) is 8.61. The fourth-order valence-electron chi connectivity index (χ4n) is 4.33. The summed E-state index contributed by atoms with van der Waals surface area (Å²) in [7, 11) is 0. The monoisotopic (exact) mass is 296 g/mol. The predicted octanol–water partition coefficient (Wildman–Crippen LogP) is 5.70. The van der Waals surface area contributed by atoms with Gasteiger partial charge >= 0.3 is 0 Å². The molecule has 3 aromatic carbocycles. The normalized spacial score (nSPS) is 13.5. The number of hydrogen-bond acceptors (Lipinski definition) is 0. The summed E-state index contributed by atoms with van der Waals surface area (Å²) in [6.07, 6.45) is 3.31. The molecule has 0 heterocycles. The lowest BCUT2D eigenvalue weighted by atomic mass is 9.96. The maximum Gasteiger partial charge on any atom is -0.00104 e. The summed E-state index contributed by atoms with van der Waals surface area (Å²) in [5.41, 5.74) is 14.8. The van der Waals surface area contributed by atoms with Crippen LogP contribution in [0.4, 0.5) is 0 Å². The van der Waals surface area contributed by atoms with Crippen molar-refractivity contribution >= 4 is 0 Å². The molecule has 5 rings (SSSR count). The standard InChI is InChI=1S/C23H20/c1-3-15-5-7-17-13-23-19(21(17)11-15)9-8-18-20-10-14(2)4-6-16(20)12-22(18)23/h4-11H,3,12-13H2,1-2H3. The van der Waals surface area contributed by atoms with Crippen LogP contribution in [0.15, 0.2) is 48.5 Å². The van der Waals surface area contributed by atoms with Crippen molar-refractivity contribution in [3.05, 3.63) is 81.9 Å². The van der Waals surface area contributed by atoms with Crippen LogP contribution in [0, 0.1) is 6.92 Å². The molecule has 0 saturated heterocycles. The van der Waals surface area contributed by atoms with Crippen LogP contribution in [0.25, 0.3) is 22.3 Å². The summed E-state index contributed by atoms with van der Waals surface area (Å²) in [6.45, 7) is 4.42. The Labute approximate surface area is 137 Å². The van der Waals surface area contributed by atoms with Gasteiger partial charge in [-0.05, 0) is 76.3 Å². The number of aryl methyl sites for hydroxylation is 2. The molecule has 0 radical (unpaired) electrons. The first kappa shape index (κ1) is 13.1. The molecule has 112 valence electrons. The van der Waals surface area contributed by atoms with Gasteiger partial charge in [0.05, 0.1) is 0 Å². The lowest BCUT2D eigenvalue weighted by Crippen LogP contribution is -1.90. The molecule has 2 aliphatic carbocycles. The summed E-state index contributed by atoms with van der Waals surface area (Å²) in [5, 5.41) is 0. The minimum atomic E-state index is 1.10. The molecule has 0 spiro atoms. The molecular weight excluding hydrogens is 276 g/mol. The lowest BCUT2D eigenvalue weighted by molar-refractivity contribution is 1.13. The zero-order valence-corrected chi connectivity index (χ0v) is 13.7. The van der Waals surface area contributed by atoms with Crippen molar-refractivity contribution in [2.45, 2.75) is 33.1 Å². The maximum atomic E-state index is 2.40. The molecule has 0 saturated carbocycles. The van der Waals surface area contributed by atoms with Crippen LogP contribution in [0.5, 0.6) is 0 Å². The van der Waals surface area contributed by atoms with Crippen molar-refractivity contribution in [3.63, 3.8) is 0 Å². The molecule has 23 heavy (non-hydrogen) atoms. The van der Waals surface area contributed by atoms with E-state index in [9.17, 15) is 0 Å². The van der Waals surface area contributed by atoms with E-state index in [0.717, 1.165) is 19.3 Å². The van der Waals surface area contributed by atoms with Crippen molar-refractivity contribution in [1.29, 1.82) is 0 Å². The maximum absolute atomic E-state index is 2.40. The lowest BCUT2D eigenvalue weighted by Gasteiger charge is -2.08. The number of fused-ring (bicyclic) bond motifs is 7. The van der Waals surface area contributed by atoms with Gasteiger partial charge in [-0.2, -0.15) is 0 Å². The van der Waals surface area contributed by atoms with Crippen molar-refractivity contribution < 1.29 is 0 Å². The average Bonchev–Trinajstić information content (AvgIpc) is 3.12. The molecule has 0 N–H and O–H groups in total. The van der Waals surface area contributed by atoms with E-state index in [1.165, 1.54) is 44.5 Å². The predicted molar refractivity (Wildman–Crippen MR) is 97.0 cm³/mol. The first-order valence-corrected chi connectivity index (χ1v) is 8.61. The van der Waals surface area contributed by atoms with Gasteiger partial charge in [-0.25, -0.2) is 0 Å². The van der Waals surface area contributed by atoms with E-state index in [1.807, 2.05) is 0 Å². The van der Waals surface area contributed by atoms with Crippen molar-refractivity contribution in [3.8, 4) is 22.3 Å². The molecule has 0 bridgehead atoms. The molecule has 2 aliphatic rings. The Morgan fingerprint density at radius 3 is 1.96 bits per heavy atom. The number of hydrogen-bond donors (Lipinski definition) is 0. The minimum absolute atomic E-state index is 1.10. The van der Waals surface area contributed by atoms with E-state index in [2.05, 4.69) is 62.4 Å². The molecule has 0 unspecified atom stereocenters. The van der Waals surface area contributed by atoms with Crippen LogP contribution in [0.1, 0.15) is 40.3 Å².